The van der Waals surface area contributed by atoms with Crippen molar-refractivity contribution < 1.29 is 26.7 Å². The molecule has 2 aromatic carbocycles. The lowest BCUT2D eigenvalue weighted by Gasteiger charge is -2.09. The normalized spacial score (nSPS) is 11.9. The Morgan fingerprint density at radius 3 is 1.32 bits per heavy atom. The van der Waals surface area contributed by atoms with Gasteiger partial charge in [-0.25, -0.2) is 26.3 Å². The molecule has 0 radical (unpaired) electrons. The van der Waals surface area contributed by atoms with Crippen LogP contribution in [0.1, 0.15) is 0 Å². The molecule has 2 rings (SSSR count). The van der Waals surface area contributed by atoms with E-state index in [0.29, 0.717) is 0 Å². The third-order valence-electron chi connectivity index (χ3n) is 3.41. The zero-order valence-electron chi connectivity index (χ0n) is 14.0. The molecular weight excluding hydrogens is 416 g/mol. The highest BCUT2D eigenvalue weighted by molar-refractivity contribution is 7.90. The van der Waals surface area contributed by atoms with Crippen molar-refractivity contribution in [3.63, 3.8) is 0 Å². The summed E-state index contributed by atoms with van der Waals surface area (Å²) in [6, 6.07) is 9.33. The summed E-state index contributed by atoms with van der Waals surface area (Å²) in [5.74, 6) is 0. The summed E-state index contributed by atoms with van der Waals surface area (Å²) in [7, 11) is -8.55. The van der Waals surface area contributed by atoms with Gasteiger partial charge in [0.25, 0.3) is 11.4 Å². The molecule has 150 valence electrons. The highest BCUT2D eigenvalue weighted by atomic mass is 32.2. The van der Waals surface area contributed by atoms with Crippen LogP contribution in [0, 0.1) is 20.2 Å². The Morgan fingerprint density at radius 1 is 0.679 bits per heavy atom. The summed E-state index contributed by atoms with van der Waals surface area (Å²) in [6.07, 6.45) is 0. The fourth-order valence-electron chi connectivity index (χ4n) is 2.20. The van der Waals surface area contributed by atoms with Crippen molar-refractivity contribution in [2.75, 3.05) is 13.1 Å². The van der Waals surface area contributed by atoms with Crippen LogP contribution in [-0.4, -0.2) is 39.8 Å². The second-order valence-corrected chi connectivity index (χ2v) is 8.72. The number of hydrogen-bond donors (Lipinski definition) is 2. The molecule has 14 heteroatoms. The molecular formula is C14H14N4O8S2. The van der Waals surface area contributed by atoms with E-state index in [9.17, 15) is 37.1 Å². The number of nitro groups is 2. The second kappa shape index (κ2) is 8.39. The maximum Gasteiger partial charge on any atom is 0.289 e. The third-order valence-corrected chi connectivity index (χ3v) is 6.43. The van der Waals surface area contributed by atoms with Crippen LogP contribution in [0.4, 0.5) is 11.4 Å². The minimum Gasteiger partial charge on any atom is -0.258 e. The van der Waals surface area contributed by atoms with Crippen molar-refractivity contribution >= 4 is 31.4 Å². The second-order valence-electron chi connectivity index (χ2n) is 5.25. The number of nitro benzene ring substituents is 2. The van der Waals surface area contributed by atoms with Crippen molar-refractivity contribution in [2.24, 2.45) is 0 Å². The summed E-state index contributed by atoms with van der Waals surface area (Å²) < 4.78 is 52.9. The van der Waals surface area contributed by atoms with Gasteiger partial charge >= 0.3 is 0 Å². The van der Waals surface area contributed by atoms with Gasteiger partial charge in [0.15, 0.2) is 9.79 Å². The Labute approximate surface area is 159 Å². The first kappa shape index (κ1) is 21.4. The molecule has 2 N–H and O–H groups in total. The zero-order chi connectivity index (χ0) is 20.9. The van der Waals surface area contributed by atoms with E-state index in [1.807, 2.05) is 9.44 Å². The molecule has 0 unspecified atom stereocenters. The van der Waals surface area contributed by atoms with Crippen LogP contribution in [0.5, 0.6) is 0 Å². The molecule has 0 aliphatic carbocycles. The summed E-state index contributed by atoms with van der Waals surface area (Å²) >= 11 is 0. The van der Waals surface area contributed by atoms with Crippen LogP contribution in [0.2, 0.25) is 0 Å². The van der Waals surface area contributed by atoms with Crippen LogP contribution in [0.3, 0.4) is 0 Å². The molecule has 0 fully saturated rings. The van der Waals surface area contributed by atoms with Crippen LogP contribution in [0.15, 0.2) is 58.3 Å². The fourth-order valence-corrected chi connectivity index (χ4v) is 4.60. The van der Waals surface area contributed by atoms with Gasteiger partial charge in [-0.2, -0.15) is 0 Å². The molecule has 0 atom stereocenters. The van der Waals surface area contributed by atoms with E-state index in [4.69, 9.17) is 0 Å². The van der Waals surface area contributed by atoms with E-state index >= 15 is 0 Å². The van der Waals surface area contributed by atoms with Crippen LogP contribution >= 0.6 is 0 Å². The topological polar surface area (TPSA) is 179 Å². The quantitative estimate of drug-likeness (QED) is 0.332. The molecule has 0 saturated carbocycles. The van der Waals surface area contributed by atoms with Crippen molar-refractivity contribution in [1.29, 1.82) is 0 Å². The Hall–Kier alpha value is -2.94. The molecule has 0 spiro atoms. The van der Waals surface area contributed by atoms with E-state index in [-0.39, 0.29) is 0 Å². The molecule has 0 heterocycles. The molecule has 0 aliphatic rings. The maximum atomic E-state index is 12.2. The Balaban J connectivity index is 2.08. The zero-order valence-corrected chi connectivity index (χ0v) is 15.6. The fraction of sp³-hybridized carbons (Fsp3) is 0.143. The Kier molecular flexibility index (Phi) is 6.40. The Bertz CT molecular complexity index is 1030. The van der Waals surface area contributed by atoms with Crippen molar-refractivity contribution in [3.8, 4) is 0 Å². The monoisotopic (exact) mass is 430 g/mol. The third kappa shape index (κ3) is 4.86. The van der Waals surface area contributed by atoms with Gasteiger partial charge in [0, 0.05) is 25.2 Å². The van der Waals surface area contributed by atoms with Gasteiger partial charge in [-0.15, -0.1) is 0 Å². The summed E-state index contributed by atoms with van der Waals surface area (Å²) in [5, 5.41) is 21.9. The van der Waals surface area contributed by atoms with Crippen molar-refractivity contribution in [3.05, 3.63) is 68.8 Å². The number of para-hydroxylation sites is 2. The molecule has 0 aliphatic heterocycles. The molecule has 0 amide bonds. The van der Waals surface area contributed by atoms with Crippen molar-refractivity contribution in [1.82, 2.24) is 9.44 Å². The van der Waals surface area contributed by atoms with E-state index in [0.717, 1.165) is 24.3 Å². The predicted molar refractivity (Wildman–Crippen MR) is 96.6 cm³/mol. The SMILES string of the molecule is O=[N+]([O-])c1ccccc1S(=O)(=O)NCCNS(=O)(=O)c1ccccc1[N+](=O)[O-]. The Morgan fingerprint density at radius 2 is 1.00 bits per heavy atom. The summed E-state index contributed by atoms with van der Waals surface area (Å²) in [5.41, 5.74) is -1.26. The van der Waals surface area contributed by atoms with Crippen molar-refractivity contribution in [2.45, 2.75) is 9.79 Å². The van der Waals surface area contributed by atoms with Gasteiger partial charge in [-0.1, -0.05) is 24.3 Å². The number of benzene rings is 2. The lowest BCUT2D eigenvalue weighted by atomic mass is 10.3. The molecule has 0 aromatic heterocycles. The first-order chi connectivity index (χ1) is 13.1. The number of nitrogens with zero attached hydrogens (tertiary/aromatic N) is 2. The summed E-state index contributed by atoms with van der Waals surface area (Å²) in [4.78, 5) is 19.0. The standard InChI is InChI=1S/C14H14N4O8S2/c19-17(20)11-5-1-3-7-13(11)27(23,24)15-9-10-16-28(25,26)14-8-4-2-6-12(14)18(21)22/h1-8,15-16H,9-10H2. The number of rotatable bonds is 9. The van der Waals surface area contributed by atoms with Crippen LogP contribution in [0.25, 0.3) is 0 Å². The highest BCUT2D eigenvalue weighted by Gasteiger charge is 2.26. The van der Waals surface area contributed by atoms with Gasteiger partial charge in [0.2, 0.25) is 20.0 Å². The van der Waals surface area contributed by atoms with Gasteiger partial charge in [0.1, 0.15) is 0 Å². The van der Waals surface area contributed by atoms with Gasteiger partial charge in [-0.05, 0) is 12.1 Å². The van der Waals surface area contributed by atoms with Gasteiger partial charge < -0.3 is 0 Å². The van der Waals surface area contributed by atoms with Gasteiger partial charge in [-0.3, -0.25) is 20.2 Å². The minimum absolute atomic E-state index is 0.436. The molecule has 12 nitrogen and oxygen atoms in total. The maximum absolute atomic E-state index is 12.2. The van der Waals surface area contributed by atoms with Gasteiger partial charge in [0.05, 0.1) is 9.85 Å². The number of nitrogens with one attached hydrogen (secondary N) is 2. The summed E-state index contributed by atoms with van der Waals surface area (Å²) in [6.45, 7) is -0.873. The predicted octanol–water partition coefficient (Wildman–Crippen LogP) is 0.760. The van der Waals surface area contributed by atoms with E-state index in [1.54, 1.807) is 0 Å². The minimum atomic E-state index is -4.27. The molecule has 28 heavy (non-hydrogen) atoms. The highest BCUT2D eigenvalue weighted by Crippen LogP contribution is 2.23. The van der Waals surface area contributed by atoms with E-state index in [1.165, 1.54) is 24.3 Å². The molecule has 2 aromatic rings. The lowest BCUT2D eigenvalue weighted by Crippen LogP contribution is -2.35. The van der Waals surface area contributed by atoms with E-state index < -0.39 is 64.1 Å². The largest absolute Gasteiger partial charge is 0.289 e. The molecule has 0 saturated heterocycles. The van der Waals surface area contributed by atoms with E-state index in [2.05, 4.69) is 0 Å². The number of hydrogen-bond acceptors (Lipinski definition) is 8. The van der Waals surface area contributed by atoms with Crippen LogP contribution < -0.4 is 9.44 Å². The average molecular weight is 430 g/mol. The molecule has 0 bridgehead atoms. The smallest absolute Gasteiger partial charge is 0.258 e. The first-order valence-corrected chi connectivity index (χ1v) is 10.5. The van der Waals surface area contributed by atoms with Crippen LogP contribution in [-0.2, 0) is 20.0 Å². The number of sulfonamides is 2. The first-order valence-electron chi connectivity index (χ1n) is 7.52. The average Bonchev–Trinajstić information content (AvgIpc) is 2.65. The lowest BCUT2D eigenvalue weighted by molar-refractivity contribution is -0.388.